The van der Waals surface area contributed by atoms with E-state index in [-0.39, 0.29) is 11.2 Å². The third-order valence-corrected chi connectivity index (χ3v) is 2.03. The van der Waals surface area contributed by atoms with Crippen molar-refractivity contribution in [2.24, 2.45) is 11.8 Å². The fraction of sp³-hybridized carbons (Fsp3) is 0.833. The molecule has 2 heteroatoms. The summed E-state index contributed by atoms with van der Waals surface area (Å²) in [4.78, 5) is 10.4. The molecule has 0 radical (unpaired) electrons. The van der Waals surface area contributed by atoms with Gasteiger partial charge in [-0.25, -0.2) is 0 Å². The van der Waals surface area contributed by atoms with Gasteiger partial charge in [0.25, 0.3) is 0 Å². The zero-order chi connectivity index (χ0) is 6.15. The van der Waals surface area contributed by atoms with Crippen LogP contribution in [0.4, 0.5) is 0 Å². The van der Waals surface area contributed by atoms with Crippen LogP contribution in [0.1, 0.15) is 19.8 Å². The first-order valence-electron chi connectivity index (χ1n) is 2.91. The van der Waals surface area contributed by atoms with Gasteiger partial charge in [0.15, 0.2) is 0 Å². The summed E-state index contributed by atoms with van der Waals surface area (Å²) in [7, 11) is 0. The molecular weight excluding hydrogens is 124 g/mol. The molecule has 1 fully saturated rings. The highest BCUT2D eigenvalue weighted by Gasteiger charge is 2.31. The molecular formula is C6H9ClO. The lowest BCUT2D eigenvalue weighted by Gasteiger charge is -1.98. The van der Waals surface area contributed by atoms with E-state index in [0.29, 0.717) is 5.92 Å². The number of carbonyl (C=O) groups excluding carboxylic acids is 1. The van der Waals surface area contributed by atoms with Crippen molar-refractivity contribution in [1.29, 1.82) is 0 Å². The van der Waals surface area contributed by atoms with Crippen LogP contribution in [0.5, 0.6) is 0 Å². The molecule has 1 rings (SSSR count). The maximum absolute atomic E-state index is 10.4. The standard InChI is InChI=1S/C6H9ClO/c1-4(6(7)8)5-2-3-5/h4-5H,2-3H2,1H3. The lowest BCUT2D eigenvalue weighted by atomic mass is 10.1. The molecule has 0 aromatic heterocycles. The van der Waals surface area contributed by atoms with Gasteiger partial charge in [0, 0.05) is 5.92 Å². The third kappa shape index (κ3) is 1.22. The minimum atomic E-state index is -0.174. The van der Waals surface area contributed by atoms with Gasteiger partial charge in [0.2, 0.25) is 5.24 Å². The zero-order valence-corrected chi connectivity index (χ0v) is 5.61. The van der Waals surface area contributed by atoms with Crippen molar-refractivity contribution in [1.82, 2.24) is 0 Å². The summed E-state index contributed by atoms with van der Waals surface area (Å²) in [5.74, 6) is 0.719. The molecule has 1 unspecified atom stereocenters. The molecule has 0 saturated heterocycles. The highest BCUT2D eigenvalue weighted by atomic mass is 35.5. The van der Waals surface area contributed by atoms with Gasteiger partial charge in [-0.1, -0.05) is 6.92 Å². The van der Waals surface area contributed by atoms with Crippen LogP contribution in [0.2, 0.25) is 0 Å². The van der Waals surface area contributed by atoms with Crippen molar-refractivity contribution >= 4 is 16.8 Å². The predicted molar refractivity (Wildman–Crippen MR) is 32.7 cm³/mol. The van der Waals surface area contributed by atoms with Crippen LogP contribution in [0, 0.1) is 11.8 Å². The molecule has 1 atom stereocenters. The van der Waals surface area contributed by atoms with E-state index in [1.807, 2.05) is 6.92 Å². The van der Waals surface area contributed by atoms with Crippen LogP contribution in [0.15, 0.2) is 0 Å². The zero-order valence-electron chi connectivity index (χ0n) is 4.86. The van der Waals surface area contributed by atoms with Gasteiger partial charge in [-0.3, -0.25) is 4.79 Å². The summed E-state index contributed by atoms with van der Waals surface area (Å²) in [6.07, 6.45) is 2.39. The summed E-state index contributed by atoms with van der Waals surface area (Å²) in [6, 6.07) is 0. The van der Waals surface area contributed by atoms with Gasteiger partial charge in [0.1, 0.15) is 0 Å². The van der Waals surface area contributed by atoms with Crippen molar-refractivity contribution in [2.75, 3.05) is 0 Å². The van der Waals surface area contributed by atoms with Crippen molar-refractivity contribution in [3.8, 4) is 0 Å². The Labute approximate surface area is 54.0 Å². The SMILES string of the molecule is CC(C(=O)Cl)C1CC1. The van der Waals surface area contributed by atoms with Crippen LogP contribution in [0.25, 0.3) is 0 Å². The first-order chi connectivity index (χ1) is 3.72. The molecule has 0 spiro atoms. The summed E-state index contributed by atoms with van der Waals surface area (Å²) in [6.45, 7) is 1.90. The van der Waals surface area contributed by atoms with Crippen LogP contribution in [-0.4, -0.2) is 5.24 Å². The fourth-order valence-corrected chi connectivity index (χ4v) is 0.960. The highest BCUT2D eigenvalue weighted by Crippen LogP contribution is 2.37. The highest BCUT2D eigenvalue weighted by molar-refractivity contribution is 6.63. The first-order valence-corrected chi connectivity index (χ1v) is 3.29. The van der Waals surface area contributed by atoms with E-state index >= 15 is 0 Å². The Bertz CT molecular complexity index is 107. The van der Waals surface area contributed by atoms with E-state index in [9.17, 15) is 4.79 Å². The monoisotopic (exact) mass is 132 g/mol. The summed E-state index contributed by atoms with van der Waals surface area (Å²) in [5, 5.41) is -0.174. The van der Waals surface area contributed by atoms with E-state index in [0.717, 1.165) is 0 Å². The van der Waals surface area contributed by atoms with Gasteiger partial charge in [-0.15, -0.1) is 0 Å². The molecule has 8 heavy (non-hydrogen) atoms. The third-order valence-electron chi connectivity index (χ3n) is 1.69. The van der Waals surface area contributed by atoms with E-state index in [1.54, 1.807) is 0 Å². The molecule has 1 nitrogen and oxygen atoms in total. The predicted octanol–water partition coefficient (Wildman–Crippen LogP) is 1.80. The topological polar surface area (TPSA) is 17.1 Å². The van der Waals surface area contributed by atoms with E-state index in [1.165, 1.54) is 12.8 Å². The summed E-state index contributed by atoms with van der Waals surface area (Å²) >= 11 is 5.22. The first kappa shape index (κ1) is 6.09. The maximum Gasteiger partial charge on any atom is 0.224 e. The second-order valence-corrected chi connectivity index (χ2v) is 2.80. The molecule has 0 heterocycles. The molecule has 1 aliphatic carbocycles. The van der Waals surface area contributed by atoms with Crippen LogP contribution in [0.3, 0.4) is 0 Å². The molecule has 0 N–H and O–H groups in total. The lowest BCUT2D eigenvalue weighted by Crippen LogP contribution is -2.04. The Hall–Kier alpha value is -0.0400. The van der Waals surface area contributed by atoms with Crippen molar-refractivity contribution in [3.05, 3.63) is 0 Å². The maximum atomic E-state index is 10.4. The number of carbonyl (C=O) groups is 1. The van der Waals surface area contributed by atoms with Crippen molar-refractivity contribution in [3.63, 3.8) is 0 Å². The Morgan fingerprint density at radius 3 is 2.38 bits per heavy atom. The van der Waals surface area contributed by atoms with Crippen LogP contribution in [-0.2, 0) is 4.79 Å². The fourth-order valence-electron chi connectivity index (χ4n) is 0.782. The smallest absolute Gasteiger partial charge is 0.224 e. The second-order valence-electron chi connectivity index (χ2n) is 2.43. The second kappa shape index (κ2) is 2.06. The van der Waals surface area contributed by atoms with Gasteiger partial charge in [-0.05, 0) is 30.4 Å². The normalized spacial score (nSPS) is 22.8. The Kier molecular flexibility index (Phi) is 1.57. The van der Waals surface area contributed by atoms with Gasteiger partial charge < -0.3 is 0 Å². The van der Waals surface area contributed by atoms with Gasteiger partial charge in [0.05, 0.1) is 0 Å². The largest absolute Gasteiger partial charge is 0.281 e. The molecule has 46 valence electrons. The number of hydrogen-bond acceptors (Lipinski definition) is 1. The minimum Gasteiger partial charge on any atom is -0.281 e. The molecule has 0 amide bonds. The van der Waals surface area contributed by atoms with Gasteiger partial charge >= 0.3 is 0 Å². The van der Waals surface area contributed by atoms with E-state index in [4.69, 9.17) is 11.6 Å². The molecule has 0 bridgehead atoms. The average Bonchev–Trinajstić information content (AvgIpc) is 2.43. The van der Waals surface area contributed by atoms with Crippen LogP contribution < -0.4 is 0 Å². The Morgan fingerprint density at radius 2 is 2.25 bits per heavy atom. The Morgan fingerprint density at radius 1 is 1.75 bits per heavy atom. The average molecular weight is 133 g/mol. The molecule has 0 aromatic carbocycles. The molecule has 1 aliphatic rings. The molecule has 1 saturated carbocycles. The van der Waals surface area contributed by atoms with E-state index in [2.05, 4.69) is 0 Å². The Balaban J connectivity index is 2.32. The number of hydrogen-bond donors (Lipinski definition) is 0. The minimum absolute atomic E-state index is 0.108. The summed E-state index contributed by atoms with van der Waals surface area (Å²) < 4.78 is 0. The quantitative estimate of drug-likeness (QED) is 0.524. The van der Waals surface area contributed by atoms with Crippen LogP contribution >= 0.6 is 11.6 Å². The van der Waals surface area contributed by atoms with Crippen molar-refractivity contribution in [2.45, 2.75) is 19.8 Å². The van der Waals surface area contributed by atoms with Crippen molar-refractivity contribution < 1.29 is 4.79 Å². The lowest BCUT2D eigenvalue weighted by molar-refractivity contribution is -0.115. The van der Waals surface area contributed by atoms with E-state index < -0.39 is 0 Å². The number of halogens is 1. The number of rotatable bonds is 2. The van der Waals surface area contributed by atoms with Gasteiger partial charge in [-0.2, -0.15) is 0 Å². The molecule has 0 aliphatic heterocycles. The molecule has 0 aromatic rings. The summed E-state index contributed by atoms with van der Waals surface area (Å²) in [5.41, 5.74) is 0.